The number of ether oxygens (including phenoxy) is 1. The van der Waals surface area contributed by atoms with Gasteiger partial charge in [0.25, 0.3) is 0 Å². The van der Waals surface area contributed by atoms with Gasteiger partial charge in [0, 0.05) is 41.3 Å². The van der Waals surface area contributed by atoms with Crippen molar-refractivity contribution in [2.45, 2.75) is 33.2 Å². The molecule has 0 aliphatic rings. The maximum absolute atomic E-state index is 14.7. The van der Waals surface area contributed by atoms with E-state index in [1.54, 1.807) is 41.9 Å². The zero-order valence-electron chi connectivity index (χ0n) is 17.6. The van der Waals surface area contributed by atoms with E-state index in [1.807, 2.05) is 12.3 Å². The van der Waals surface area contributed by atoms with Crippen molar-refractivity contribution >= 4 is 28.1 Å². The SMILES string of the molecule is CCOC(=O)c1cn2cc(-c3cnc(N[C@H](C)CC)s3)cc(-c3ccccc3F)c2n1. The first-order valence-corrected chi connectivity index (χ1v) is 11.0. The Kier molecular flexibility index (Phi) is 5.99. The van der Waals surface area contributed by atoms with E-state index in [1.165, 1.54) is 17.4 Å². The fraction of sp³-hybridized carbons (Fsp3) is 0.261. The third-order valence-corrected chi connectivity index (χ3v) is 5.95. The highest BCUT2D eigenvalue weighted by molar-refractivity contribution is 7.18. The second-order valence-corrected chi connectivity index (χ2v) is 8.21. The molecule has 0 aliphatic carbocycles. The summed E-state index contributed by atoms with van der Waals surface area (Å²) in [7, 11) is 0. The predicted octanol–water partition coefficient (Wildman–Crippen LogP) is 5.65. The number of anilines is 1. The lowest BCUT2D eigenvalue weighted by molar-refractivity contribution is 0.0520. The summed E-state index contributed by atoms with van der Waals surface area (Å²) in [6, 6.07) is 8.74. The fourth-order valence-corrected chi connectivity index (χ4v) is 4.11. The molecule has 160 valence electrons. The lowest BCUT2D eigenvalue weighted by Gasteiger charge is -2.09. The molecule has 1 N–H and O–H groups in total. The van der Waals surface area contributed by atoms with Crippen LogP contribution in [0.2, 0.25) is 0 Å². The van der Waals surface area contributed by atoms with Crippen LogP contribution in [-0.2, 0) is 4.74 Å². The number of nitrogens with zero attached hydrogens (tertiary/aromatic N) is 3. The highest BCUT2D eigenvalue weighted by atomic mass is 32.1. The predicted molar refractivity (Wildman–Crippen MR) is 121 cm³/mol. The Balaban J connectivity index is 1.85. The number of halogens is 1. The third-order valence-electron chi connectivity index (χ3n) is 4.97. The van der Waals surface area contributed by atoms with Gasteiger partial charge in [-0.05, 0) is 32.4 Å². The van der Waals surface area contributed by atoms with Crippen LogP contribution < -0.4 is 5.32 Å². The number of nitrogens with one attached hydrogen (secondary N) is 1. The zero-order chi connectivity index (χ0) is 22.0. The molecule has 0 bridgehead atoms. The molecule has 0 saturated heterocycles. The molecular weight excluding hydrogens is 415 g/mol. The third kappa shape index (κ3) is 4.29. The molecule has 0 aliphatic heterocycles. The van der Waals surface area contributed by atoms with Gasteiger partial charge in [0.2, 0.25) is 0 Å². The van der Waals surface area contributed by atoms with Gasteiger partial charge in [-0.2, -0.15) is 0 Å². The minimum absolute atomic E-state index is 0.181. The summed E-state index contributed by atoms with van der Waals surface area (Å²) in [5.41, 5.74) is 2.53. The molecule has 0 spiro atoms. The number of esters is 1. The van der Waals surface area contributed by atoms with Gasteiger partial charge >= 0.3 is 5.97 Å². The van der Waals surface area contributed by atoms with Crippen molar-refractivity contribution < 1.29 is 13.9 Å². The van der Waals surface area contributed by atoms with Crippen molar-refractivity contribution in [3.8, 4) is 21.6 Å². The highest BCUT2D eigenvalue weighted by Crippen LogP contribution is 2.35. The number of benzene rings is 1. The van der Waals surface area contributed by atoms with Gasteiger partial charge in [0.1, 0.15) is 11.5 Å². The summed E-state index contributed by atoms with van der Waals surface area (Å²) in [4.78, 5) is 22.1. The Morgan fingerprint density at radius 2 is 2.06 bits per heavy atom. The summed E-state index contributed by atoms with van der Waals surface area (Å²) in [6.07, 6.45) is 6.27. The van der Waals surface area contributed by atoms with Gasteiger partial charge in [-0.25, -0.2) is 19.2 Å². The number of aromatic nitrogens is 3. The molecule has 1 atom stereocenters. The van der Waals surface area contributed by atoms with E-state index in [-0.39, 0.29) is 18.1 Å². The molecule has 8 heteroatoms. The van der Waals surface area contributed by atoms with E-state index in [0.717, 1.165) is 22.0 Å². The number of fused-ring (bicyclic) bond motifs is 1. The Hall–Kier alpha value is -3.26. The summed E-state index contributed by atoms with van der Waals surface area (Å²) in [6.45, 7) is 6.21. The van der Waals surface area contributed by atoms with E-state index in [4.69, 9.17) is 4.74 Å². The van der Waals surface area contributed by atoms with E-state index in [9.17, 15) is 9.18 Å². The number of thiazole rings is 1. The van der Waals surface area contributed by atoms with Crippen molar-refractivity contribution in [2.24, 2.45) is 0 Å². The molecular formula is C23H23FN4O2S. The minimum atomic E-state index is -0.509. The first-order chi connectivity index (χ1) is 15.0. The normalized spacial score (nSPS) is 12.1. The van der Waals surface area contributed by atoms with Crippen LogP contribution in [0.5, 0.6) is 0 Å². The molecule has 3 heterocycles. The van der Waals surface area contributed by atoms with Crippen molar-refractivity contribution in [3.63, 3.8) is 0 Å². The molecule has 4 rings (SSSR count). The molecule has 0 unspecified atom stereocenters. The van der Waals surface area contributed by atoms with Gasteiger partial charge in [-0.3, -0.25) is 0 Å². The van der Waals surface area contributed by atoms with Crippen LogP contribution in [0.3, 0.4) is 0 Å². The van der Waals surface area contributed by atoms with Crippen LogP contribution in [0, 0.1) is 5.82 Å². The molecule has 0 fully saturated rings. The Labute approximate surface area is 183 Å². The second kappa shape index (κ2) is 8.85. The largest absolute Gasteiger partial charge is 0.461 e. The van der Waals surface area contributed by atoms with E-state index in [2.05, 4.69) is 29.1 Å². The molecule has 3 aromatic heterocycles. The molecule has 6 nitrogen and oxygen atoms in total. The van der Waals surface area contributed by atoms with Crippen molar-refractivity contribution in [2.75, 3.05) is 11.9 Å². The molecule has 0 amide bonds. The molecule has 31 heavy (non-hydrogen) atoms. The molecule has 4 aromatic rings. The van der Waals surface area contributed by atoms with E-state index < -0.39 is 5.97 Å². The van der Waals surface area contributed by atoms with Crippen molar-refractivity contribution in [1.82, 2.24) is 14.4 Å². The highest BCUT2D eigenvalue weighted by Gasteiger charge is 2.18. The lowest BCUT2D eigenvalue weighted by atomic mass is 10.0. The number of hydrogen-bond acceptors (Lipinski definition) is 6. The monoisotopic (exact) mass is 438 g/mol. The Bertz CT molecular complexity index is 1230. The number of carbonyl (C=O) groups excluding carboxylic acids is 1. The average molecular weight is 439 g/mol. The molecule has 0 radical (unpaired) electrons. The number of hydrogen-bond donors (Lipinski definition) is 1. The first-order valence-electron chi connectivity index (χ1n) is 10.2. The van der Waals surface area contributed by atoms with Crippen molar-refractivity contribution in [3.05, 3.63) is 60.4 Å². The average Bonchev–Trinajstić information content (AvgIpc) is 3.40. The first kappa shape index (κ1) is 21.0. The van der Waals surface area contributed by atoms with Crippen LogP contribution in [0.15, 0.2) is 48.9 Å². The quantitative estimate of drug-likeness (QED) is 0.378. The summed E-state index contributed by atoms with van der Waals surface area (Å²) < 4.78 is 21.5. The summed E-state index contributed by atoms with van der Waals surface area (Å²) in [5.74, 6) is -0.865. The molecule has 1 aromatic carbocycles. The number of carbonyl (C=O) groups is 1. The Morgan fingerprint density at radius 1 is 1.26 bits per heavy atom. The standard InChI is InChI=1S/C23H23FN4O2S/c1-4-14(3)26-23-25-11-20(31-23)15-10-17(16-8-6-7-9-18(16)24)21-27-19(13-28(21)12-15)22(29)30-5-2/h6-14H,4-5H2,1-3H3,(H,25,26)/t14-/m1/s1. The maximum atomic E-state index is 14.7. The van der Waals surface area contributed by atoms with Crippen LogP contribution in [0.1, 0.15) is 37.7 Å². The zero-order valence-corrected chi connectivity index (χ0v) is 18.4. The smallest absolute Gasteiger partial charge is 0.358 e. The minimum Gasteiger partial charge on any atom is -0.461 e. The van der Waals surface area contributed by atoms with Gasteiger partial charge in [-0.1, -0.05) is 36.5 Å². The van der Waals surface area contributed by atoms with Gasteiger partial charge in [-0.15, -0.1) is 0 Å². The fourth-order valence-electron chi connectivity index (χ4n) is 3.20. The van der Waals surface area contributed by atoms with Crippen LogP contribution in [0.25, 0.3) is 27.2 Å². The number of pyridine rings is 1. The van der Waals surface area contributed by atoms with Crippen LogP contribution in [0.4, 0.5) is 9.52 Å². The summed E-state index contributed by atoms with van der Waals surface area (Å²) in [5, 5.41) is 4.20. The van der Waals surface area contributed by atoms with Gasteiger partial charge in [0.05, 0.1) is 11.5 Å². The maximum Gasteiger partial charge on any atom is 0.358 e. The number of imidazole rings is 1. The second-order valence-electron chi connectivity index (χ2n) is 7.18. The van der Waals surface area contributed by atoms with Crippen LogP contribution >= 0.6 is 11.3 Å². The van der Waals surface area contributed by atoms with Gasteiger partial charge < -0.3 is 14.5 Å². The van der Waals surface area contributed by atoms with E-state index >= 15 is 0 Å². The Morgan fingerprint density at radius 3 is 2.81 bits per heavy atom. The van der Waals surface area contributed by atoms with Gasteiger partial charge in [0.15, 0.2) is 10.8 Å². The van der Waals surface area contributed by atoms with Crippen LogP contribution in [-0.4, -0.2) is 33.0 Å². The lowest BCUT2D eigenvalue weighted by Crippen LogP contribution is -2.12. The summed E-state index contributed by atoms with van der Waals surface area (Å²) >= 11 is 1.53. The number of rotatable bonds is 7. The topological polar surface area (TPSA) is 68.5 Å². The van der Waals surface area contributed by atoms with Crippen molar-refractivity contribution in [1.29, 1.82) is 0 Å². The molecule has 0 saturated carbocycles. The van der Waals surface area contributed by atoms with E-state index in [0.29, 0.717) is 22.8 Å².